The van der Waals surface area contributed by atoms with Gasteiger partial charge in [-0.05, 0) is 67.1 Å². The highest BCUT2D eigenvalue weighted by atomic mass is 35.5. The molecule has 9 nitrogen and oxygen atoms in total. The van der Waals surface area contributed by atoms with Gasteiger partial charge in [0, 0.05) is 42.3 Å². The van der Waals surface area contributed by atoms with Crippen LogP contribution in [0.2, 0.25) is 5.02 Å². The first-order valence-corrected chi connectivity index (χ1v) is 14.4. The number of H-pyrrole nitrogens is 1. The maximum absolute atomic E-state index is 15.1. The summed E-state index contributed by atoms with van der Waals surface area (Å²) in [5.41, 5.74) is 14.2. The first kappa shape index (κ1) is 32.0. The van der Waals surface area contributed by atoms with Gasteiger partial charge in [-0.3, -0.25) is 9.56 Å². The van der Waals surface area contributed by atoms with Crippen LogP contribution >= 0.6 is 11.6 Å². The molecule has 4 aromatic rings. The summed E-state index contributed by atoms with van der Waals surface area (Å²) in [5.74, 6) is -0.589. The molecule has 0 aliphatic rings. The maximum Gasteiger partial charge on any atom is 0.354 e. The average Bonchev–Trinajstić information content (AvgIpc) is 3.42. The quantitative estimate of drug-likeness (QED) is 0.0774. The van der Waals surface area contributed by atoms with Crippen LogP contribution in [0.1, 0.15) is 30.4 Å². The third-order valence-electron chi connectivity index (χ3n) is 7.12. The third-order valence-corrected chi connectivity index (χ3v) is 7.40. The summed E-state index contributed by atoms with van der Waals surface area (Å²) >= 11 is 6.21. The first-order valence-electron chi connectivity index (χ1n) is 14.0. The Bertz CT molecular complexity index is 1640. The lowest BCUT2D eigenvalue weighted by Gasteiger charge is -2.14. The van der Waals surface area contributed by atoms with Gasteiger partial charge >= 0.3 is 5.69 Å². The van der Waals surface area contributed by atoms with Crippen LogP contribution < -0.4 is 22.5 Å². The van der Waals surface area contributed by atoms with Crippen LogP contribution in [0.15, 0.2) is 71.1 Å². The first-order chi connectivity index (χ1) is 20.7. The summed E-state index contributed by atoms with van der Waals surface area (Å²) in [6.45, 7) is 3.92. The molecule has 0 aliphatic heterocycles. The van der Waals surface area contributed by atoms with E-state index in [4.69, 9.17) is 28.2 Å². The molecule has 0 amide bonds. The van der Waals surface area contributed by atoms with E-state index in [0.29, 0.717) is 61.2 Å². The molecule has 4 rings (SSSR count). The van der Waals surface area contributed by atoms with Crippen LogP contribution in [0, 0.1) is 5.82 Å². The number of fused-ring (bicyclic) bond motifs is 1. The van der Waals surface area contributed by atoms with Gasteiger partial charge in [0.1, 0.15) is 18.2 Å². The monoisotopic (exact) mass is 611 g/mol. The zero-order chi connectivity index (χ0) is 30.9. The van der Waals surface area contributed by atoms with Gasteiger partial charge in [0.2, 0.25) is 0 Å². The van der Waals surface area contributed by atoms with Gasteiger partial charge in [0.05, 0.1) is 23.0 Å². The topological polar surface area (TPSA) is 147 Å². The number of hydrogen-bond acceptors (Lipinski definition) is 6. The number of nitrogens with zero attached hydrogens (tertiary/aromatic N) is 3. The lowest BCUT2D eigenvalue weighted by molar-refractivity contribution is 0.258. The molecule has 0 aliphatic carbocycles. The minimum atomic E-state index is -0.764. The molecule has 0 unspecified atom stereocenters. The molecule has 0 saturated heterocycles. The Kier molecular flexibility index (Phi) is 11.2. The van der Waals surface area contributed by atoms with E-state index in [9.17, 15) is 9.18 Å². The standard InChI is InChI=1S/C31H36ClF2N7O2/c1-2-23(10-11-37-28(36)15-33)38-16-19-6-8-24(9-7-19)41-17-21-14-27(39-30(21)40-31(41)43)25-12-20(13-26(32)29(25)34)4-3-5-22(35)18-42/h2,6-9,12-14,17,22-23,38,42H,1,3-5,10-11,15-16,18,35H2,(H2,36,37)(H,39,40,43)/t22-,23+/m1/s1. The number of amidine groups is 1. The van der Waals surface area contributed by atoms with Crippen molar-refractivity contribution in [3.05, 3.63) is 93.8 Å². The van der Waals surface area contributed by atoms with E-state index in [1.807, 2.05) is 24.3 Å². The fourth-order valence-electron chi connectivity index (χ4n) is 4.69. The second-order valence-corrected chi connectivity index (χ2v) is 10.7. The molecule has 228 valence electrons. The molecule has 0 radical (unpaired) electrons. The van der Waals surface area contributed by atoms with Gasteiger partial charge in [-0.1, -0.05) is 29.8 Å². The van der Waals surface area contributed by atoms with Gasteiger partial charge < -0.3 is 26.9 Å². The predicted molar refractivity (Wildman–Crippen MR) is 168 cm³/mol. The van der Waals surface area contributed by atoms with Crippen molar-refractivity contribution in [1.82, 2.24) is 19.9 Å². The smallest absolute Gasteiger partial charge is 0.354 e. The molecule has 2 heterocycles. The lowest BCUT2D eigenvalue weighted by Crippen LogP contribution is -2.27. The SMILES string of the molecule is C=C[C@@H](CCN=C(N)CF)NCc1ccc(-n2cc3cc(-c4cc(CCC[C@@H](N)CO)cc(Cl)c4F)[nH]c3nc2=O)cc1. The largest absolute Gasteiger partial charge is 0.395 e. The molecule has 7 N–H and O–H groups in total. The molecule has 0 spiro atoms. The van der Waals surface area contributed by atoms with Crippen molar-refractivity contribution in [2.75, 3.05) is 19.8 Å². The maximum atomic E-state index is 15.1. The summed E-state index contributed by atoms with van der Waals surface area (Å²) in [6, 6.07) is 12.2. The molecule has 0 bridgehead atoms. The number of alkyl halides is 1. The Morgan fingerprint density at radius 2 is 2.00 bits per heavy atom. The van der Waals surface area contributed by atoms with E-state index in [1.54, 1.807) is 30.5 Å². The van der Waals surface area contributed by atoms with E-state index in [0.717, 1.165) is 11.1 Å². The average molecular weight is 612 g/mol. The van der Waals surface area contributed by atoms with Crippen molar-refractivity contribution in [2.45, 2.75) is 44.3 Å². The number of aliphatic hydroxyl groups excluding tert-OH is 1. The van der Waals surface area contributed by atoms with Crippen LogP contribution in [-0.4, -0.2) is 57.4 Å². The molecule has 0 saturated carbocycles. The Morgan fingerprint density at radius 3 is 2.70 bits per heavy atom. The van der Waals surface area contributed by atoms with Crippen molar-refractivity contribution in [1.29, 1.82) is 0 Å². The number of nitrogens with one attached hydrogen (secondary N) is 2. The van der Waals surface area contributed by atoms with Crippen molar-refractivity contribution in [3.8, 4) is 16.9 Å². The van der Waals surface area contributed by atoms with Gasteiger partial charge in [0.25, 0.3) is 0 Å². The summed E-state index contributed by atoms with van der Waals surface area (Å²) in [7, 11) is 0. The minimum Gasteiger partial charge on any atom is -0.395 e. The molecule has 12 heteroatoms. The highest BCUT2D eigenvalue weighted by molar-refractivity contribution is 6.31. The molecule has 2 atom stereocenters. The Morgan fingerprint density at radius 1 is 1.23 bits per heavy atom. The number of aliphatic imine (C=N–C) groups is 1. The molecular formula is C31H36ClF2N7O2. The second kappa shape index (κ2) is 15.0. The number of rotatable bonds is 15. The fraction of sp³-hybridized carbons (Fsp3) is 0.323. The second-order valence-electron chi connectivity index (χ2n) is 10.3. The zero-order valence-corrected chi connectivity index (χ0v) is 24.5. The minimum absolute atomic E-state index is 0.00542. The highest BCUT2D eigenvalue weighted by Crippen LogP contribution is 2.31. The Hall–Kier alpha value is -3.90. The van der Waals surface area contributed by atoms with Crippen molar-refractivity contribution >= 4 is 28.5 Å². The fourth-order valence-corrected chi connectivity index (χ4v) is 4.93. The van der Waals surface area contributed by atoms with E-state index < -0.39 is 18.2 Å². The molecule has 2 aromatic heterocycles. The van der Waals surface area contributed by atoms with Crippen LogP contribution in [-0.2, 0) is 13.0 Å². The van der Waals surface area contributed by atoms with Crippen LogP contribution in [0.3, 0.4) is 0 Å². The summed E-state index contributed by atoms with van der Waals surface area (Å²) in [4.78, 5) is 24.1. The number of aryl methyl sites for hydroxylation is 1. The molecular weight excluding hydrogens is 576 g/mol. The zero-order valence-electron chi connectivity index (χ0n) is 23.7. The van der Waals surface area contributed by atoms with Crippen molar-refractivity contribution < 1.29 is 13.9 Å². The van der Waals surface area contributed by atoms with Crippen LogP contribution in [0.4, 0.5) is 8.78 Å². The van der Waals surface area contributed by atoms with E-state index in [1.165, 1.54) is 4.57 Å². The molecule has 0 fully saturated rings. The van der Waals surface area contributed by atoms with Gasteiger partial charge in [-0.2, -0.15) is 4.98 Å². The normalized spacial score (nSPS) is 13.4. The summed E-state index contributed by atoms with van der Waals surface area (Å²) in [6.07, 6.45) is 6.02. The Balaban J connectivity index is 1.49. The number of aliphatic hydroxyl groups is 1. The number of nitrogens with two attached hydrogens (primary N) is 2. The number of hydrogen-bond donors (Lipinski definition) is 5. The number of halogens is 3. The van der Waals surface area contributed by atoms with Gasteiger partial charge in [-0.15, -0.1) is 6.58 Å². The molecule has 43 heavy (non-hydrogen) atoms. The van der Waals surface area contributed by atoms with E-state index in [2.05, 4.69) is 26.9 Å². The van der Waals surface area contributed by atoms with E-state index >= 15 is 4.39 Å². The summed E-state index contributed by atoms with van der Waals surface area (Å²) < 4.78 is 29.0. The molecule has 2 aromatic carbocycles. The van der Waals surface area contributed by atoms with Crippen molar-refractivity contribution in [2.24, 2.45) is 16.5 Å². The van der Waals surface area contributed by atoms with Gasteiger partial charge in [-0.25, -0.2) is 13.6 Å². The van der Waals surface area contributed by atoms with Gasteiger partial charge in [0.15, 0.2) is 5.82 Å². The lowest BCUT2D eigenvalue weighted by atomic mass is 10.0. The van der Waals surface area contributed by atoms with Crippen molar-refractivity contribution in [3.63, 3.8) is 0 Å². The Labute approximate surface area is 253 Å². The number of aromatic amines is 1. The van der Waals surface area contributed by atoms with E-state index in [-0.39, 0.29) is 35.1 Å². The number of benzene rings is 2. The number of aromatic nitrogens is 3. The predicted octanol–water partition coefficient (Wildman–Crippen LogP) is 4.18. The van der Waals surface area contributed by atoms with Crippen LogP contribution in [0.5, 0.6) is 0 Å². The summed E-state index contributed by atoms with van der Waals surface area (Å²) in [5, 5.41) is 13.1. The third kappa shape index (κ3) is 8.35. The highest BCUT2D eigenvalue weighted by Gasteiger charge is 2.16. The van der Waals surface area contributed by atoms with Crippen LogP contribution in [0.25, 0.3) is 28.0 Å².